The number of aromatic nitrogens is 1. The lowest BCUT2D eigenvalue weighted by molar-refractivity contribution is 0.102. The molecule has 1 atom stereocenters. The minimum Gasteiger partial charge on any atom is -0.383 e. The summed E-state index contributed by atoms with van der Waals surface area (Å²) in [5.74, 6) is 0.364. The molecule has 2 rings (SSSR count). The first-order chi connectivity index (χ1) is 8.43. The minimum atomic E-state index is -1.13. The summed E-state index contributed by atoms with van der Waals surface area (Å²) < 4.78 is 0. The summed E-state index contributed by atoms with van der Waals surface area (Å²) in [5, 5.41) is 10.8. The van der Waals surface area contributed by atoms with Gasteiger partial charge in [-0.25, -0.2) is 4.98 Å². The van der Waals surface area contributed by atoms with Gasteiger partial charge in [-0.15, -0.1) is 0 Å². The second-order valence-electron chi connectivity index (χ2n) is 4.83. The molecule has 1 aromatic heterocycles. The third kappa shape index (κ3) is 2.09. The van der Waals surface area contributed by atoms with E-state index in [0.717, 1.165) is 16.7 Å². The molecular weight excluding hydrogens is 224 g/mol. The Morgan fingerprint density at radius 3 is 2.56 bits per heavy atom. The number of pyridine rings is 1. The third-order valence-electron chi connectivity index (χ3n) is 3.28. The second-order valence-corrected chi connectivity index (χ2v) is 4.83. The normalized spacial score (nSPS) is 14.2. The lowest BCUT2D eigenvalue weighted by Gasteiger charge is -2.27. The molecule has 3 N–H and O–H groups in total. The van der Waals surface area contributed by atoms with Gasteiger partial charge in [-0.3, -0.25) is 0 Å². The van der Waals surface area contributed by atoms with Crippen molar-refractivity contribution in [1.82, 2.24) is 4.98 Å². The van der Waals surface area contributed by atoms with Crippen molar-refractivity contribution in [2.24, 2.45) is 0 Å². The van der Waals surface area contributed by atoms with Gasteiger partial charge in [-0.1, -0.05) is 29.8 Å². The minimum absolute atomic E-state index is 0.364. The van der Waals surface area contributed by atoms with Crippen LogP contribution in [0.4, 0.5) is 5.82 Å². The van der Waals surface area contributed by atoms with Crippen molar-refractivity contribution < 1.29 is 5.11 Å². The molecule has 18 heavy (non-hydrogen) atoms. The first-order valence-corrected chi connectivity index (χ1v) is 5.94. The standard InChI is InChI=1S/C15H18N2O/c1-10-6-7-11(2)13(9-10)15(3,18)12-5-4-8-17-14(12)16/h4-9,18H,1-3H3,(H2,16,17). The fourth-order valence-electron chi connectivity index (χ4n) is 2.23. The van der Waals surface area contributed by atoms with E-state index in [9.17, 15) is 5.11 Å². The average molecular weight is 242 g/mol. The zero-order valence-corrected chi connectivity index (χ0v) is 10.9. The first-order valence-electron chi connectivity index (χ1n) is 5.94. The van der Waals surface area contributed by atoms with E-state index >= 15 is 0 Å². The van der Waals surface area contributed by atoms with Crippen LogP contribution in [0.5, 0.6) is 0 Å². The lowest BCUT2D eigenvalue weighted by Crippen LogP contribution is -2.25. The lowest BCUT2D eigenvalue weighted by atomic mass is 9.85. The highest BCUT2D eigenvalue weighted by Crippen LogP contribution is 2.34. The molecular formula is C15H18N2O. The quantitative estimate of drug-likeness (QED) is 0.850. The molecule has 0 aliphatic heterocycles. The Morgan fingerprint density at radius 2 is 1.89 bits per heavy atom. The molecule has 0 radical (unpaired) electrons. The third-order valence-corrected chi connectivity index (χ3v) is 3.28. The average Bonchev–Trinajstić information content (AvgIpc) is 2.32. The molecule has 1 heterocycles. The van der Waals surface area contributed by atoms with Crippen LogP contribution in [0.25, 0.3) is 0 Å². The van der Waals surface area contributed by atoms with E-state index in [-0.39, 0.29) is 0 Å². The predicted octanol–water partition coefficient (Wildman–Crippen LogP) is 2.54. The van der Waals surface area contributed by atoms with Crippen LogP contribution in [0.15, 0.2) is 36.5 Å². The molecule has 0 aliphatic carbocycles. The van der Waals surface area contributed by atoms with Crippen LogP contribution in [0.2, 0.25) is 0 Å². The summed E-state index contributed by atoms with van der Waals surface area (Å²) in [6, 6.07) is 9.62. The van der Waals surface area contributed by atoms with Gasteiger partial charge in [-0.05, 0) is 38.0 Å². The van der Waals surface area contributed by atoms with Crippen LogP contribution in [-0.2, 0) is 5.60 Å². The van der Waals surface area contributed by atoms with Crippen LogP contribution in [0, 0.1) is 13.8 Å². The maximum atomic E-state index is 10.8. The molecule has 2 aromatic rings. The Labute approximate surface area is 107 Å². The highest BCUT2D eigenvalue weighted by atomic mass is 16.3. The number of rotatable bonds is 2. The number of nitrogens with two attached hydrogens (primary N) is 1. The smallest absolute Gasteiger partial charge is 0.129 e. The van der Waals surface area contributed by atoms with Crippen molar-refractivity contribution in [2.45, 2.75) is 26.4 Å². The SMILES string of the molecule is Cc1ccc(C)c(C(C)(O)c2cccnc2N)c1. The fraction of sp³-hybridized carbons (Fsp3) is 0.267. The summed E-state index contributed by atoms with van der Waals surface area (Å²) in [6.45, 7) is 5.74. The number of aliphatic hydroxyl groups is 1. The van der Waals surface area contributed by atoms with Gasteiger partial charge in [0, 0.05) is 11.8 Å². The van der Waals surface area contributed by atoms with Crippen LogP contribution in [0.1, 0.15) is 29.2 Å². The molecule has 94 valence electrons. The first kappa shape index (κ1) is 12.6. The van der Waals surface area contributed by atoms with E-state index in [4.69, 9.17) is 5.73 Å². The molecule has 0 spiro atoms. The molecule has 0 fully saturated rings. The molecule has 0 saturated carbocycles. The van der Waals surface area contributed by atoms with E-state index in [2.05, 4.69) is 4.98 Å². The molecule has 3 nitrogen and oxygen atoms in total. The van der Waals surface area contributed by atoms with Crippen molar-refractivity contribution in [3.05, 3.63) is 58.8 Å². The van der Waals surface area contributed by atoms with Crippen molar-refractivity contribution in [3.63, 3.8) is 0 Å². The zero-order valence-electron chi connectivity index (χ0n) is 10.9. The number of nitrogen functional groups attached to an aromatic ring is 1. The van der Waals surface area contributed by atoms with Crippen molar-refractivity contribution in [1.29, 1.82) is 0 Å². The van der Waals surface area contributed by atoms with Gasteiger partial charge in [0.2, 0.25) is 0 Å². The van der Waals surface area contributed by atoms with Crippen molar-refractivity contribution in [2.75, 3.05) is 5.73 Å². The van der Waals surface area contributed by atoms with E-state index in [0.29, 0.717) is 11.4 Å². The van der Waals surface area contributed by atoms with Crippen LogP contribution < -0.4 is 5.73 Å². The Kier molecular flexibility index (Phi) is 3.09. The molecule has 0 saturated heterocycles. The van der Waals surface area contributed by atoms with Gasteiger partial charge in [0.05, 0.1) is 0 Å². The second kappa shape index (κ2) is 4.42. The van der Waals surface area contributed by atoms with Gasteiger partial charge in [0.1, 0.15) is 11.4 Å². The zero-order chi connectivity index (χ0) is 13.3. The maximum absolute atomic E-state index is 10.8. The molecule has 0 amide bonds. The Balaban J connectivity index is 2.61. The molecule has 3 heteroatoms. The molecule has 1 aromatic carbocycles. The molecule has 0 aliphatic rings. The van der Waals surface area contributed by atoms with E-state index in [1.807, 2.05) is 38.1 Å². The summed E-state index contributed by atoms with van der Waals surface area (Å²) in [4.78, 5) is 4.04. The van der Waals surface area contributed by atoms with Crippen LogP contribution >= 0.6 is 0 Å². The van der Waals surface area contributed by atoms with E-state index < -0.39 is 5.60 Å². The highest BCUT2D eigenvalue weighted by Gasteiger charge is 2.29. The number of nitrogens with zero attached hydrogens (tertiary/aromatic N) is 1. The molecule has 1 unspecified atom stereocenters. The fourth-order valence-corrected chi connectivity index (χ4v) is 2.23. The summed E-state index contributed by atoms with van der Waals surface area (Å²) in [6.07, 6.45) is 1.62. The Bertz CT molecular complexity index is 576. The number of anilines is 1. The van der Waals surface area contributed by atoms with E-state index in [1.54, 1.807) is 19.2 Å². The maximum Gasteiger partial charge on any atom is 0.129 e. The van der Waals surface area contributed by atoms with Gasteiger partial charge in [-0.2, -0.15) is 0 Å². The van der Waals surface area contributed by atoms with Gasteiger partial charge in [0.15, 0.2) is 0 Å². The van der Waals surface area contributed by atoms with Crippen LogP contribution in [0.3, 0.4) is 0 Å². The van der Waals surface area contributed by atoms with Gasteiger partial charge >= 0.3 is 0 Å². The van der Waals surface area contributed by atoms with Crippen molar-refractivity contribution >= 4 is 5.82 Å². The number of aryl methyl sites for hydroxylation is 2. The topological polar surface area (TPSA) is 59.1 Å². The summed E-state index contributed by atoms with van der Waals surface area (Å²) >= 11 is 0. The monoisotopic (exact) mass is 242 g/mol. The summed E-state index contributed by atoms with van der Waals surface area (Å²) in [7, 11) is 0. The molecule has 0 bridgehead atoms. The predicted molar refractivity (Wildman–Crippen MR) is 73.2 cm³/mol. The number of hydrogen-bond donors (Lipinski definition) is 2. The summed E-state index contributed by atoms with van der Waals surface area (Å²) in [5.41, 5.74) is 8.38. The van der Waals surface area contributed by atoms with Crippen LogP contribution in [-0.4, -0.2) is 10.1 Å². The van der Waals surface area contributed by atoms with Gasteiger partial charge in [0.25, 0.3) is 0 Å². The Morgan fingerprint density at radius 1 is 1.17 bits per heavy atom. The van der Waals surface area contributed by atoms with Crippen molar-refractivity contribution in [3.8, 4) is 0 Å². The largest absolute Gasteiger partial charge is 0.383 e. The van der Waals surface area contributed by atoms with E-state index in [1.165, 1.54) is 0 Å². The number of hydrogen-bond acceptors (Lipinski definition) is 3. The number of benzene rings is 1. The highest BCUT2D eigenvalue weighted by molar-refractivity contribution is 5.50. The van der Waals surface area contributed by atoms with Gasteiger partial charge < -0.3 is 10.8 Å². The Hall–Kier alpha value is -1.87.